The summed E-state index contributed by atoms with van der Waals surface area (Å²) >= 11 is 5.25. The van der Waals surface area contributed by atoms with Crippen LogP contribution < -0.4 is 11.2 Å². The zero-order valence-electron chi connectivity index (χ0n) is 9.99. The molecule has 0 bridgehead atoms. The standard InChI is InChI=1S/C11H11ClN2O6/c12-3-2-11(19)8(17)6(5-15)20-9(11)14-4-1-7(16)13-10(14)18/h1,4,6,8-9,15,17,19H,5H2,(H,13,16,18)/t6-,8?,9-,11-/m1/s1. The first-order valence-electron chi connectivity index (χ1n) is 5.55. The summed E-state index contributed by atoms with van der Waals surface area (Å²) in [5.74, 6) is 2.16. The highest BCUT2D eigenvalue weighted by atomic mass is 35.5. The van der Waals surface area contributed by atoms with E-state index in [1.165, 1.54) is 0 Å². The van der Waals surface area contributed by atoms with Crippen molar-refractivity contribution in [1.29, 1.82) is 0 Å². The third-order valence-electron chi connectivity index (χ3n) is 3.01. The van der Waals surface area contributed by atoms with Gasteiger partial charge in [-0.3, -0.25) is 14.3 Å². The highest BCUT2D eigenvalue weighted by Crippen LogP contribution is 2.37. The van der Waals surface area contributed by atoms with Crippen molar-refractivity contribution in [2.24, 2.45) is 0 Å². The number of rotatable bonds is 2. The molecule has 1 fully saturated rings. The second kappa shape index (κ2) is 5.40. The topological polar surface area (TPSA) is 125 Å². The molecule has 9 heteroatoms. The number of nitrogens with zero attached hydrogens (tertiary/aromatic N) is 1. The number of hydrogen-bond acceptors (Lipinski definition) is 6. The molecule has 1 saturated heterocycles. The SMILES string of the molecule is O=c1ccn([C@@H]2O[C@H](CO)C(O)[C@]2(O)C#CCl)c(=O)[nH]1. The normalized spacial score (nSPS) is 32.7. The van der Waals surface area contributed by atoms with E-state index in [2.05, 4.69) is 5.92 Å². The molecule has 4 N–H and O–H groups in total. The van der Waals surface area contributed by atoms with Gasteiger partial charge in [-0.25, -0.2) is 4.79 Å². The quantitative estimate of drug-likeness (QED) is 0.456. The Morgan fingerprint density at radius 2 is 2.25 bits per heavy atom. The van der Waals surface area contributed by atoms with Crippen LogP contribution in [0.15, 0.2) is 21.9 Å². The Balaban J connectivity index is 2.55. The lowest BCUT2D eigenvalue weighted by atomic mass is 9.95. The zero-order chi connectivity index (χ0) is 14.9. The van der Waals surface area contributed by atoms with Gasteiger partial charge in [-0.2, -0.15) is 0 Å². The first-order valence-corrected chi connectivity index (χ1v) is 5.93. The van der Waals surface area contributed by atoms with Crippen LogP contribution in [0.3, 0.4) is 0 Å². The Hall–Kier alpha value is -1.63. The van der Waals surface area contributed by atoms with E-state index in [4.69, 9.17) is 21.4 Å². The van der Waals surface area contributed by atoms with Gasteiger partial charge in [0, 0.05) is 17.6 Å². The number of ether oxygens (including phenoxy) is 1. The molecule has 0 spiro atoms. The highest BCUT2D eigenvalue weighted by Gasteiger charge is 2.55. The molecule has 8 nitrogen and oxygen atoms in total. The lowest BCUT2D eigenvalue weighted by Gasteiger charge is -2.26. The molecular weight excluding hydrogens is 292 g/mol. The lowest BCUT2D eigenvalue weighted by Crippen LogP contribution is -2.48. The molecule has 4 atom stereocenters. The van der Waals surface area contributed by atoms with Crippen LogP contribution in [0.25, 0.3) is 0 Å². The molecule has 0 saturated carbocycles. The summed E-state index contributed by atoms with van der Waals surface area (Å²) in [7, 11) is 0. The van der Waals surface area contributed by atoms with Gasteiger partial charge < -0.3 is 20.1 Å². The molecule has 1 aliphatic rings. The molecule has 1 aromatic rings. The van der Waals surface area contributed by atoms with Gasteiger partial charge in [0.1, 0.15) is 12.2 Å². The third kappa shape index (κ3) is 2.26. The molecule has 108 valence electrons. The maximum atomic E-state index is 11.7. The van der Waals surface area contributed by atoms with Crippen molar-refractivity contribution >= 4 is 11.6 Å². The minimum Gasteiger partial charge on any atom is -0.394 e. The minimum absolute atomic E-state index is 0.595. The molecule has 0 radical (unpaired) electrons. The Bertz CT molecular complexity index is 674. The number of aromatic amines is 1. The Morgan fingerprint density at radius 3 is 2.80 bits per heavy atom. The van der Waals surface area contributed by atoms with Crippen LogP contribution >= 0.6 is 11.6 Å². The Kier molecular flexibility index (Phi) is 3.99. The average Bonchev–Trinajstić information content (AvgIpc) is 2.63. The molecule has 0 aromatic carbocycles. The number of aliphatic hydroxyl groups is 3. The van der Waals surface area contributed by atoms with Crippen molar-refractivity contribution in [3.05, 3.63) is 33.1 Å². The fraction of sp³-hybridized carbons (Fsp3) is 0.455. The Labute approximate surface area is 117 Å². The van der Waals surface area contributed by atoms with Crippen molar-refractivity contribution in [1.82, 2.24) is 9.55 Å². The summed E-state index contributed by atoms with van der Waals surface area (Å²) in [6, 6.07) is 1.04. The Morgan fingerprint density at radius 1 is 1.55 bits per heavy atom. The van der Waals surface area contributed by atoms with Gasteiger partial charge in [-0.15, -0.1) is 0 Å². The number of aliphatic hydroxyl groups excluding tert-OH is 2. The van der Waals surface area contributed by atoms with E-state index in [0.717, 1.165) is 16.8 Å². The van der Waals surface area contributed by atoms with E-state index in [9.17, 15) is 19.8 Å². The molecule has 1 unspecified atom stereocenters. The monoisotopic (exact) mass is 302 g/mol. The number of H-pyrrole nitrogens is 1. The number of nitrogens with one attached hydrogen (secondary N) is 1. The fourth-order valence-electron chi connectivity index (χ4n) is 2.02. The van der Waals surface area contributed by atoms with Crippen LogP contribution in [0.5, 0.6) is 0 Å². The van der Waals surface area contributed by atoms with Gasteiger partial charge in [0.15, 0.2) is 6.23 Å². The van der Waals surface area contributed by atoms with E-state index < -0.39 is 41.9 Å². The molecule has 20 heavy (non-hydrogen) atoms. The zero-order valence-corrected chi connectivity index (χ0v) is 10.7. The van der Waals surface area contributed by atoms with E-state index in [0.29, 0.717) is 0 Å². The second-order valence-electron chi connectivity index (χ2n) is 4.22. The fourth-order valence-corrected chi connectivity index (χ4v) is 2.17. The summed E-state index contributed by atoms with van der Waals surface area (Å²) in [6.45, 7) is -0.595. The predicted octanol–water partition coefficient (Wildman–Crippen LogP) is -2.28. The van der Waals surface area contributed by atoms with E-state index in [-0.39, 0.29) is 0 Å². The maximum Gasteiger partial charge on any atom is 0.330 e. The van der Waals surface area contributed by atoms with Gasteiger partial charge in [0.25, 0.3) is 5.56 Å². The van der Waals surface area contributed by atoms with E-state index in [1.807, 2.05) is 10.4 Å². The van der Waals surface area contributed by atoms with Crippen molar-refractivity contribution < 1.29 is 20.1 Å². The summed E-state index contributed by atoms with van der Waals surface area (Å²) in [5, 5.41) is 31.3. The van der Waals surface area contributed by atoms with Crippen molar-refractivity contribution in [2.75, 3.05) is 6.61 Å². The number of aromatic nitrogens is 2. The average molecular weight is 303 g/mol. The van der Waals surface area contributed by atoms with E-state index >= 15 is 0 Å². The molecular formula is C11H11ClN2O6. The van der Waals surface area contributed by atoms with Crippen molar-refractivity contribution in [2.45, 2.75) is 24.0 Å². The molecule has 0 aliphatic carbocycles. The van der Waals surface area contributed by atoms with Crippen LogP contribution in [0.1, 0.15) is 6.23 Å². The lowest BCUT2D eigenvalue weighted by molar-refractivity contribution is -0.0765. The summed E-state index contributed by atoms with van der Waals surface area (Å²) in [4.78, 5) is 24.7. The number of halogens is 1. The van der Waals surface area contributed by atoms with Crippen molar-refractivity contribution in [3.8, 4) is 11.3 Å². The van der Waals surface area contributed by atoms with Crippen molar-refractivity contribution in [3.63, 3.8) is 0 Å². The van der Waals surface area contributed by atoms with Gasteiger partial charge in [-0.1, -0.05) is 0 Å². The molecule has 1 aliphatic heterocycles. The third-order valence-corrected chi connectivity index (χ3v) is 3.11. The molecule has 2 heterocycles. The first kappa shape index (κ1) is 14.8. The highest BCUT2D eigenvalue weighted by molar-refractivity contribution is 6.30. The largest absolute Gasteiger partial charge is 0.394 e. The smallest absolute Gasteiger partial charge is 0.330 e. The summed E-state index contributed by atoms with van der Waals surface area (Å²) in [6.07, 6.45) is -3.08. The van der Waals surface area contributed by atoms with Gasteiger partial charge in [0.2, 0.25) is 5.60 Å². The number of hydrogen-bond donors (Lipinski definition) is 4. The van der Waals surface area contributed by atoms with Crippen LogP contribution in [-0.4, -0.2) is 49.3 Å². The minimum atomic E-state index is -2.20. The van der Waals surface area contributed by atoms with Crippen LogP contribution in [0.4, 0.5) is 0 Å². The van der Waals surface area contributed by atoms with Gasteiger partial charge in [0.05, 0.1) is 6.61 Å². The molecule has 0 amide bonds. The van der Waals surface area contributed by atoms with Crippen LogP contribution in [-0.2, 0) is 4.74 Å². The predicted molar refractivity (Wildman–Crippen MR) is 66.9 cm³/mol. The maximum absolute atomic E-state index is 11.7. The van der Waals surface area contributed by atoms with Gasteiger partial charge >= 0.3 is 5.69 Å². The second-order valence-corrected chi connectivity index (χ2v) is 4.41. The van der Waals surface area contributed by atoms with E-state index in [1.54, 1.807) is 0 Å². The van der Waals surface area contributed by atoms with Gasteiger partial charge in [-0.05, 0) is 17.5 Å². The molecule has 1 aromatic heterocycles. The summed E-state index contributed by atoms with van der Waals surface area (Å²) in [5.41, 5.74) is -3.68. The first-order chi connectivity index (χ1) is 9.43. The van der Waals surface area contributed by atoms with Crippen LogP contribution in [0.2, 0.25) is 0 Å². The van der Waals surface area contributed by atoms with Crippen LogP contribution in [0, 0.1) is 11.3 Å². The molecule has 2 rings (SSSR count). The summed E-state index contributed by atoms with van der Waals surface area (Å²) < 4.78 is 6.08.